The highest BCUT2D eigenvalue weighted by Gasteiger charge is 2.58. The predicted molar refractivity (Wildman–Crippen MR) is 143 cm³/mol. The first kappa shape index (κ1) is 23.7. The number of imidazole rings is 1. The molecule has 3 aliphatic rings. The Morgan fingerprint density at radius 3 is 2.76 bits per heavy atom. The maximum Gasteiger partial charge on any atom is 0.237 e. The second-order valence-corrected chi connectivity index (χ2v) is 10.9. The lowest BCUT2D eigenvalue weighted by atomic mass is 9.92. The van der Waals surface area contributed by atoms with Crippen LogP contribution in [0.1, 0.15) is 48.8 Å². The fraction of sp³-hybridized carbons (Fsp3) is 0.500. The fourth-order valence-electron chi connectivity index (χ4n) is 6.61. The molecule has 5 heterocycles. The maximum absolute atomic E-state index is 14.1. The first-order valence-corrected chi connectivity index (χ1v) is 13.6. The van der Waals surface area contributed by atoms with Gasteiger partial charge < -0.3 is 15.4 Å². The third-order valence-electron chi connectivity index (χ3n) is 8.74. The number of hydrogen-bond acceptors (Lipinski definition) is 7. The van der Waals surface area contributed by atoms with Crippen molar-refractivity contribution in [2.75, 3.05) is 38.7 Å². The molecule has 3 aromatic heterocycles. The van der Waals surface area contributed by atoms with E-state index >= 15 is 0 Å². The molecule has 2 saturated heterocycles. The van der Waals surface area contributed by atoms with E-state index < -0.39 is 0 Å². The van der Waals surface area contributed by atoms with Crippen LogP contribution in [-0.4, -0.2) is 62.7 Å². The molecule has 2 unspecified atom stereocenters. The largest absolute Gasteiger partial charge is 0.381 e. The van der Waals surface area contributed by atoms with Gasteiger partial charge in [0.2, 0.25) is 11.9 Å². The summed E-state index contributed by atoms with van der Waals surface area (Å²) in [5.41, 5.74) is 6.42. The van der Waals surface area contributed by atoms with Crippen molar-refractivity contribution in [1.82, 2.24) is 34.6 Å². The van der Waals surface area contributed by atoms with Gasteiger partial charge in [0.25, 0.3) is 0 Å². The summed E-state index contributed by atoms with van der Waals surface area (Å²) in [4.78, 5) is 14.9. The van der Waals surface area contributed by atoms with Crippen LogP contribution in [0.4, 0.5) is 10.3 Å². The van der Waals surface area contributed by atoms with Gasteiger partial charge in [0.05, 0.1) is 40.8 Å². The minimum atomic E-state index is -0.321. The molecule has 1 aromatic carbocycles. The second kappa shape index (κ2) is 8.84. The zero-order chi connectivity index (χ0) is 26.0. The van der Waals surface area contributed by atoms with Gasteiger partial charge in [-0.05, 0) is 76.7 Å². The summed E-state index contributed by atoms with van der Waals surface area (Å²) in [5.74, 6) is 1.27. The van der Waals surface area contributed by atoms with Crippen molar-refractivity contribution < 1.29 is 9.13 Å². The highest BCUT2D eigenvalue weighted by Crippen LogP contribution is 2.58. The molecule has 9 nitrogen and oxygen atoms in total. The maximum atomic E-state index is 14.1. The molecule has 2 aliphatic heterocycles. The fourth-order valence-corrected chi connectivity index (χ4v) is 6.61. The van der Waals surface area contributed by atoms with Gasteiger partial charge in [-0.2, -0.15) is 5.10 Å². The van der Waals surface area contributed by atoms with Gasteiger partial charge in [-0.25, -0.2) is 23.9 Å². The van der Waals surface area contributed by atoms with Crippen LogP contribution >= 0.6 is 0 Å². The minimum absolute atomic E-state index is 0.0137. The topological polar surface area (TPSA) is 94.7 Å². The molecule has 7 rings (SSSR count). The third kappa shape index (κ3) is 3.65. The van der Waals surface area contributed by atoms with Crippen LogP contribution in [0.25, 0.3) is 28.2 Å². The summed E-state index contributed by atoms with van der Waals surface area (Å²) in [6.07, 6.45) is 4.16. The number of aromatic nitrogens is 6. The van der Waals surface area contributed by atoms with E-state index in [4.69, 9.17) is 19.8 Å². The van der Waals surface area contributed by atoms with Crippen molar-refractivity contribution >= 4 is 17.0 Å². The van der Waals surface area contributed by atoms with Crippen LogP contribution < -0.4 is 10.6 Å². The van der Waals surface area contributed by atoms with Gasteiger partial charge in [0, 0.05) is 36.4 Å². The smallest absolute Gasteiger partial charge is 0.237 e. The average Bonchev–Trinajstić information content (AvgIpc) is 3.48. The first-order valence-electron chi connectivity index (χ1n) is 13.6. The zero-order valence-electron chi connectivity index (χ0n) is 22.1. The van der Waals surface area contributed by atoms with Crippen LogP contribution in [0.2, 0.25) is 0 Å². The number of ether oxygens (including phenoxy) is 1. The number of nitrogens with one attached hydrogen (secondary N) is 2. The normalized spacial score (nSPS) is 23.5. The number of anilines is 1. The van der Waals surface area contributed by atoms with Crippen molar-refractivity contribution in [3.05, 3.63) is 47.2 Å². The Morgan fingerprint density at radius 1 is 1.13 bits per heavy atom. The van der Waals surface area contributed by atoms with Crippen LogP contribution in [0.3, 0.4) is 0 Å². The summed E-state index contributed by atoms with van der Waals surface area (Å²) < 4.78 is 23.9. The Balaban J connectivity index is 1.43. The standard InChI is InChI=1S/C28H33FN8O/c1-16-25(17(2)37(35-16)20-6-9-31-10-7-20)22-13-24(28-8-11-38-15-18(28)14-28)34-27(33-22)36-23-5-4-19(29)12-21(23)32-26(36)30-3/h4-5,12-13,18,20,31H,6-11,14-15H2,1-3H3,(H,30,32). The number of halogens is 1. The van der Waals surface area contributed by atoms with Crippen molar-refractivity contribution in [2.24, 2.45) is 5.92 Å². The number of hydrogen-bond donors (Lipinski definition) is 2. The number of piperidine rings is 1. The van der Waals surface area contributed by atoms with Crippen LogP contribution in [-0.2, 0) is 10.2 Å². The van der Waals surface area contributed by atoms with Crippen LogP contribution in [0.15, 0.2) is 24.3 Å². The van der Waals surface area contributed by atoms with E-state index in [-0.39, 0.29) is 11.2 Å². The molecule has 3 fully saturated rings. The van der Waals surface area contributed by atoms with Gasteiger partial charge in [-0.1, -0.05) is 0 Å². The molecule has 0 spiro atoms. The SMILES string of the molecule is CNc1nc2cc(F)ccc2n1-c1nc(-c2c(C)nn(C3CCNCC3)c2C)cc(C23CCOCC2C3)n1. The first-order chi connectivity index (χ1) is 18.5. The molecule has 198 valence electrons. The van der Waals surface area contributed by atoms with Crippen molar-refractivity contribution in [3.8, 4) is 17.2 Å². The van der Waals surface area contributed by atoms with Gasteiger partial charge in [0.15, 0.2) is 0 Å². The number of nitrogens with zero attached hydrogens (tertiary/aromatic N) is 6. The molecule has 2 atom stereocenters. The third-order valence-corrected chi connectivity index (χ3v) is 8.74. The summed E-state index contributed by atoms with van der Waals surface area (Å²) in [6, 6.07) is 7.21. The van der Waals surface area contributed by atoms with E-state index in [9.17, 15) is 4.39 Å². The molecule has 4 aromatic rings. The Labute approximate surface area is 220 Å². The highest BCUT2D eigenvalue weighted by molar-refractivity contribution is 5.81. The Kier molecular flexibility index (Phi) is 5.52. The lowest BCUT2D eigenvalue weighted by molar-refractivity contribution is 0.0794. The molecule has 1 aliphatic carbocycles. The number of rotatable bonds is 5. The number of fused-ring (bicyclic) bond motifs is 2. The van der Waals surface area contributed by atoms with E-state index in [0.717, 1.165) is 85.8 Å². The van der Waals surface area contributed by atoms with Crippen LogP contribution in [0, 0.1) is 25.6 Å². The van der Waals surface area contributed by atoms with Gasteiger partial charge in [-0.3, -0.25) is 4.68 Å². The molecule has 0 radical (unpaired) electrons. The minimum Gasteiger partial charge on any atom is -0.381 e. The number of aryl methyl sites for hydroxylation is 1. The summed E-state index contributed by atoms with van der Waals surface area (Å²) in [5, 5.41) is 11.6. The van der Waals surface area contributed by atoms with Gasteiger partial charge in [-0.15, -0.1) is 0 Å². The zero-order valence-corrected chi connectivity index (χ0v) is 22.1. The van der Waals surface area contributed by atoms with Gasteiger partial charge >= 0.3 is 0 Å². The lowest BCUT2D eigenvalue weighted by Gasteiger charge is -2.24. The average molecular weight is 517 g/mol. The monoisotopic (exact) mass is 516 g/mol. The van der Waals surface area contributed by atoms with E-state index in [1.165, 1.54) is 12.1 Å². The van der Waals surface area contributed by atoms with E-state index in [0.29, 0.717) is 29.4 Å². The lowest BCUT2D eigenvalue weighted by Crippen LogP contribution is -2.30. The summed E-state index contributed by atoms with van der Waals surface area (Å²) >= 11 is 0. The van der Waals surface area contributed by atoms with Crippen LogP contribution in [0.5, 0.6) is 0 Å². The second-order valence-electron chi connectivity index (χ2n) is 10.9. The van der Waals surface area contributed by atoms with E-state index in [1.54, 1.807) is 6.07 Å². The predicted octanol–water partition coefficient (Wildman–Crippen LogP) is 4.08. The molecular formula is C28H33FN8O. The van der Waals surface area contributed by atoms with Gasteiger partial charge in [0.1, 0.15) is 5.82 Å². The summed E-state index contributed by atoms with van der Waals surface area (Å²) in [6.45, 7) is 7.75. The molecule has 2 N–H and O–H groups in total. The van der Waals surface area contributed by atoms with Crippen molar-refractivity contribution in [2.45, 2.75) is 51.0 Å². The molecular weight excluding hydrogens is 483 g/mol. The quantitative estimate of drug-likeness (QED) is 0.413. The molecule has 0 amide bonds. The molecule has 38 heavy (non-hydrogen) atoms. The number of benzene rings is 1. The van der Waals surface area contributed by atoms with Crippen molar-refractivity contribution in [3.63, 3.8) is 0 Å². The highest BCUT2D eigenvalue weighted by atomic mass is 19.1. The van der Waals surface area contributed by atoms with E-state index in [2.05, 4.69) is 40.2 Å². The molecule has 1 saturated carbocycles. The van der Waals surface area contributed by atoms with E-state index in [1.807, 2.05) is 11.6 Å². The molecule has 10 heteroatoms. The molecule has 0 bridgehead atoms. The Bertz CT molecular complexity index is 1540. The Hall–Kier alpha value is -3.37. The Morgan fingerprint density at radius 2 is 1.97 bits per heavy atom. The summed E-state index contributed by atoms with van der Waals surface area (Å²) in [7, 11) is 1.81. The van der Waals surface area contributed by atoms with Crippen molar-refractivity contribution in [1.29, 1.82) is 0 Å².